The molecule has 1 unspecified atom stereocenters. The second kappa shape index (κ2) is 5.67. The number of hydrogen-bond donors (Lipinski definition) is 2. The molecule has 1 atom stereocenters. The average Bonchev–Trinajstić information content (AvgIpc) is 2.32. The predicted molar refractivity (Wildman–Crippen MR) is 72.5 cm³/mol. The van der Waals surface area contributed by atoms with Gasteiger partial charge in [-0.2, -0.15) is 0 Å². The largest absolute Gasteiger partial charge is 0.391 e. The molecular formula is C12H16BrN3O2. The Bertz CT molecular complexity index is 453. The molecule has 5 nitrogen and oxygen atoms in total. The molecule has 1 aromatic rings. The van der Waals surface area contributed by atoms with Crippen molar-refractivity contribution in [3.63, 3.8) is 0 Å². The van der Waals surface area contributed by atoms with Crippen molar-refractivity contribution in [1.29, 1.82) is 0 Å². The van der Waals surface area contributed by atoms with E-state index in [9.17, 15) is 9.90 Å². The third-order valence-corrected chi connectivity index (χ3v) is 3.42. The minimum atomic E-state index is -0.409. The topological polar surface area (TPSA) is 65.5 Å². The first-order valence-corrected chi connectivity index (χ1v) is 6.72. The van der Waals surface area contributed by atoms with Gasteiger partial charge in [0.1, 0.15) is 4.60 Å². The summed E-state index contributed by atoms with van der Waals surface area (Å²) in [6, 6.07) is 3.42. The van der Waals surface area contributed by atoms with Gasteiger partial charge >= 0.3 is 6.03 Å². The van der Waals surface area contributed by atoms with Crippen LogP contribution in [0.4, 0.5) is 10.5 Å². The predicted octanol–water partition coefficient (Wildman–Crippen LogP) is 2.14. The van der Waals surface area contributed by atoms with Crippen LogP contribution in [0.1, 0.15) is 18.5 Å². The highest BCUT2D eigenvalue weighted by Gasteiger charge is 2.22. The number of aryl methyl sites for hydroxylation is 1. The third-order valence-electron chi connectivity index (χ3n) is 2.98. The van der Waals surface area contributed by atoms with Crippen LogP contribution in [0.5, 0.6) is 0 Å². The van der Waals surface area contributed by atoms with Gasteiger partial charge in [-0.15, -0.1) is 0 Å². The Morgan fingerprint density at radius 2 is 2.39 bits per heavy atom. The SMILES string of the molecule is Cc1nc(Br)ccc1NC(=O)N1CCCC(O)C1. The number of aromatic nitrogens is 1. The number of rotatable bonds is 1. The first-order valence-electron chi connectivity index (χ1n) is 5.93. The number of hydrogen-bond acceptors (Lipinski definition) is 3. The second-order valence-electron chi connectivity index (χ2n) is 4.44. The van der Waals surface area contributed by atoms with E-state index in [1.165, 1.54) is 0 Å². The molecule has 0 spiro atoms. The molecule has 0 saturated carbocycles. The van der Waals surface area contributed by atoms with Crippen LogP contribution in [-0.2, 0) is 0 Å². The first-order chi connectivity index (χ1) is 8.56. The number of nitrogens with one attached hydrogen (secondary N) is 1. The standard InChI is InChI=1S/C12H16BrN3O2/c1-8-10(4-5-11(13)14-8)15-12(18)16-6-2-3-9(17)7-16/h4-5,9,17H,2-3,6-7H2,1H3,(H,15,18). The smallest absolute Gasteiger partial charge is 0.321 e. The number of urea groups is 1. The molecule has 2 N–H and O–H groups in total. The molecule has 2 amide bonds. The Morgan fingerprint density at radius 1 is 1.61 bits per heavy atom. The van der Waals surface area contributed by atoms with E-state index in [-0.39, 0.29) is 6.03 Å². The van der Waals surface area contributed by atoms with Crippen molar-refractivity contribution in [1.82, 2.24) is 9.88 Å². The van der Waals surface area contributed by atoms with Gasteiger partial charge in [-0.3, -0.25) is 0 Å². The molecule has 0 aromatic carbocycles. The zero-order valence-corrected chi connectivity index (χ0v) is 11.8. The van der Waals surface area contributed by atoms with E-state index in [0.717, 1.165) is 23.1 Å². The lowest BCUT2D eigenvalue weighted by Gasteiger charge is -2.30. The molecule has 1 aliphatic rings. The van der Waals surface area contributed by atoms with Crippen LogP contribution in [0.2, 0.25) is 0 Å². The van der Waals surface area contributed by atoms with Gasteiger partial charge in [-0.25, -0.2) is 9.78 Å². The van der Waals surface area contributed by atoms with Crippen molar-refractivity contribution in [2.24, 2.45) is 0 Å². The number of anilines is 1. The molecule has 1 fully saturated rings. The van der Waals surface area contributed by atoms with Crippen LogP contribution in [0, 0.1) is 6.92 Å². The molecular weight excluding hydrogens is 298 g/mol. The van der Waals surface area contributed by atoms with Crippen molar-refractivity contribution in [2.75, 3.05) is 18.4 Å². The Kier molecular flexibility index (Phi) is 4.19. The number of halogens is 1. The minimum Gasteiger partial charge on any atom is -0.391 e. The molecule has 6 heteroatoms. The normalized spacial score (nSPS) is 19.7. The van der Waals surface area contributed by atoms with Crippen molar-refractivity contribution in [3.8, 4) is 0 Å². The van der Waals surface area contributed by atoms with Crippen LogP contribution in [0.3, 0.4) is 0 Å². The van der Waals surface area contributed by atoms with E-state index < -0.39 is 6.10 Å². The lowest BCUT2D eigenvalue weighted by molar-refractivity contribution is 0.0883. The summed E-state index contributed by atoms with van der Waals surface area (Å²) >= 11 is 3.28. The van der Waals surface area contributed by atoms with Crippen molar-refractivity contribution < 1.29 is 9.90 Å². The van der Waals surface area contributed by atoms with Gasteiger partial charge in [-0.1, -0.05) is 0 Å². The summed E-state index contributed by atoms with van der Waals surface area (Å²) < 4.78 is 0.742. The molecule has 1 saturated heterocycles. The molecule has 18 heavy (non-hydrogen) atoms. The summed E-state index contributed by atoms with van der Waals surface area (Å²) in [5, 5.41) is 12.4. The first kappa shape index (κ1) is 13.3. The van der Waals surface area contributed by atoms with Crippen molar-refractivity contribution in [2.45, 2.75) is 25.9 Å². The van der Waals surface area contributed by atoms with Gasteiger partial charge in [0.15, 0.2) is 0 Å². The zero-order valence-electron chi connectivity index (χ0n) is 10.2. The highest BCUT2D eigenvalue weighted by molar-refractivity contribution is 9.10. The molecule has 1 aliphatic heterocycles. The molecule has 0 aliphatic carbocycles. The number of pyridine rings is 1. The van der Waals surface area contributed by atoms with Gasteiger partial charge < -0.3 is 15.3 Å². The van der Waals surface area contributed by atoms with E-state index in [1.807, 2.05) is 13.0 Å². The summed E-state index contributed by atoms with van der Waals surface area (Å²) in [5.41, 5.74) is 1.46. The fourth-order valence-electron chi connectivity index (χ4n) is 2.00. The van der Waals surface area contributed by atoms with Gasteiger partial charge in [0.25, 0.3) is 0 Å². The quantitative estimate of drug-likeness (QED) is 0.781. The molecule has 2 heterocycles. The highest BCUT2D eigenvalue weighted by Crippen LogP contribution is 2.18. The molecule has 1 aromatic heterocycles. The number of carbonyl (C=O) groups is 1. The summed E-state index contributed by atoms with van der Waals surface area (Å²) in [5.74, 6) is 0. The lowest BCUT2D eigenvalue weighted by atomic mass is 10.1. The Morgan fingerprint density at radius 3 is 3.06 bits per heavy atom. The molecule has 0 bridgehead atoms. The van der Waals surface area contributed by atoms with Crippen LogP contribution < -0.4 is 5.32 Å². The number of nitrogens with zero attached hydrogens (tertiary/aromatic N) is 2. The number of likely N-dealkylation sites (tertiary alicyclic amines) is 1. The van der Waals surface area contributed by atoms with Crippen LogP contribution in [0.15, 0.2) is 16.7 Å². The summed E-state index contributed by atoms with van der Waals surface area (Å²) in [6.45, 7) is 2.92. The van der Waals surface area contributed by atoms with Crippen molar-refractivity contribution >= 4 is 27.6 Å². The fraction of sp³-hybridized carbons (Fsp3) is 0.500. The molecule has 98 valence electrons. The maximum Gasteiger partial charge on any atom is 0.321 e. The van der Waals surface area contributed by atoms with Crippen LogP contribution >= 0.6 is 15.9 Å². The monoisotopic (exact) mass is 313 g/mol. The zero-order chi connectivity index (χ0) is 13.1. The van der Waals surface area contributed by atoms with E-state index in [4.69, 9.17) is 0 Å². The van der Waals surface area contributed by atoms with Gasteiger partial charge in [-0.05, 0) is 47.8 Å². The number of carbonyl (C=O) groups excluding carboxylic acids is 1. The highest BCUT2D eigenvalue weighted by atomic mass is 79.9. The molecule has 2 rings (SSSR count). The van der Waals surface area contributed by atoms with Crippen LogP contribution in [-0.4, -0.2) is 40.2 Å². The summed E-state index contributed by atoms with van der Waals surface area (Å²) in [6.07, 6.45) is 1.20. The van der Waals surface area contributed by atoms with E-state index in [0.29, 0.717) is 18.8 Å². The molecule has 0 radical (unpaired) electrons. The Labute approximate surface area is 114 Å². The number of aliphatic hydroxyl groups is 1. The van der Waals surface area contributed by atoms with E-state index in [1.54, 1.807) is 11.0 Å². The second-order valence-corrected chi connectivity index (χ2v) is 5.25. The fourth-order valence-corrected chi connectivity index (χ4v) is 2.39. The average molecular weight is 314 g/mol. The van der Waals surface area contributed by atoms with E-state index >= 15 is 0 Å². The third kappa shape index (κ3) is 3.20. The maximum atomic E-state index is 12.0. The summed E-state index contributed by atoms with van der Waals surface area (Å²) in [7, 11) is 0. The van der Waals surface area contributed by atoms with Gasteiger partial charge in [0.05, 0.1) is 17.5 Å². The maximum absolute atomic E-state index is 12.0. The van der Waals surface area contributed by atoms with Gasteiger partial charge in [0, 0.05) is 13.1 Å². The number of amides is 2. The van der Waals surface area contributed by atoms with E-state index in [2.05, 4.69) is 26.2 Å². The summed E-state index contributed by atoms with van der Waals surface area (Å²) in [4.78, 5) is 17.9. The lowest BCUT2D eigenvalue weighted by Crippen LogP contribution is -2.44. The number of aliphatic hydroxyl groups excluding tert-OH is 1. The number of piperidine rings is 1. The van der Waals surface area contributed by atoms with Crippen molar-refractivity contribution in [3.05, 3.63) is 22.4 Å². The van der Waals surface area contributed by atoms with Gasteiger partial charge in [0.2, 0.25) is 0 Å². The Hall–Kier alpha value is -1.14. The Balaban J connectivity index is 2.02. The minimum absolute atomic E-state index is 0.180. The van der Waals surface area contributed by atoms with Crippen LogP contribution in [0.25, 0.3) is 0 Å². The number of β-amino-alcohol motifs (C(OH)–C–C–N with tert-alkyl or cyclic N) is 1.